The van der Waals surface area contributed by atoms with Gasteiger partial charge in [-0.3, -0.25) is 4.40 Å². The van der Waals surface area contributed by atoms with E-state index in [1.807, 2.05) is 42.5 Å². The molecule has 7 heteroatoms. The number of aromatic nitrogens is 4. The summed E-state index contributed by atoms with van der Waals surface area (Å²) in [6.45, 7) is 3.91. The third-order valence-electron chi connectivity index (χ3n) is 3.24. The number of fused-ring (bicyclic) bond motifs is 1. The highest BCUT2D eigenvalue weighted by molar-refractivity contribution is 7.98. The van der Waals surface area contributed by atoms with Gasteiger partial charge in [0.15, 0.2) is 10.8 Å². The van der Waals surface area contributed by atoms with Crippen LogP contribution in [0.15, 0.2) is 29.4 Å². The molecule has 3 rings (SSSR count). The van der Waals surface area contributed by atoms with Crippen molar-refractivity contribution in [2.75, 3.05) is 7.11 Å². The first kappa shape index (κ1) is 15.1. The number of methoxy groups -OCH3 is 1. The van der Waals surface area contributed by atoms with Crippen LogP contribution in [0.25, 0.3) is 5.65 Å². The molecule has 0 N–H and O–H groups in total. The first-order valence-electron chi connectivity index (χ1n) is 6.73. The fourth-order valence-electron chi connectivity index (χ4n) is 2.24. The van der Waals surface area contributed by atoms with E-state index < -0.39 is 0 Å². The molecule has 0 saturated carbocycles. The van der Waals surface area contributed by atoms with Crippen molar-refractivity contribution in [1.29, 1.82) is 0 Å². The summed E-state index contributed by atoms with van der Waals surface area (Å²) in [5.74, 6) is 2.31. The molecule has 0 spiro atoms. The van der Waals surface area contributed by atoms with Gasteiger partial charge in [-0.1, -0.05) is 29.4 Å². The third kappa shape index (κ3) is 2.89. The van der Waals surface area contributed by atoms with Gasteiger partial charge in [-0.05, 0) is 31.5 Å². The van der Waals surface area contributed by atoms with Crippen LogP contribution in [0.5, 0.6) is 5.75 Å². The summed E-state index contributed by atoms with van der Waals surface area (Å²) in [6, 6.07) is 7.70. The van der Waals surface area contributed by atoms with E-state index in [1.54, 1.807) is 18.9 Å². The van der Waals surface area contributed by atoms with Crippen molar-refractivity contribution >= 4 is 29.0 Å². The van der Waals surface area contributed by atoms with Crippen LogP contribution in [0.2, 0.25) is 5.02 Å². The molecule has 0 aliphatic rings. The number of nitrogens with zero attached hydrogens (tertiary/aromatic N) is 4. The normalized spacial score (nSPS) is 11.1. The minimum absolute atomic E-state index is 0.611. The summed E-state index contributed by atoms with van der Waals surface area (Å²) in [5, 5.41) is 9.89. The summed E-state index contributed by atoms with van der Waals surface area (Å²) < 4.78 is 7.12. The lowest BCUT2D eigenvalue weighted by Crippen LogP contribution is -1.98. The number of benzene rings is 1. The third-order valence-corrected chi connectivity index (χ3v) is 4.54. The quantitative estimate of drug-likeness (QED) is 0.681. The topological polar surface area (TPSA) is 52.3 Å². The van der Waals surface area contributed by atoms with Gasteiger partial charge >= 0.3 is 0 Å². The van der Waals surface area contributed by atoms with Gasteiger partial charge in [0.2, 0.25) is 0 Å². The maximum atomic E-state index is 6.15. The molecule has 22 heavy (non-hydrogen) atoms. The van der Waals surface area contributed by atoms with Crippen LogP contribution in [0.3, 0.4) is 0 Å². The van der Waals surface area contributed by atoms with Crippen molar-refractivity contribution in [3.05, 3.63) is 46.4 Å². The second-order valence-electron chi connectivity index (χ2n) is 4.88. The molecule has 1 aromatic carbocycles. The maximum Gasteiger partial charge on any atom is 0.197 e. The number of ether oxygens (including phenoxy) is 1. The van der Waals surface area contributed by atoms with Gasteiger partial charge in [0.05, 0.1) is 12.1 Å². The molecular formula is C15H15ClN4OS. The molecule has 0 aliphatic heterocycles. The van der Waals surface area contributed by atoms with E-state index in [9.17, 15) is 0 Å². The Bertz CT molecular complexity index is 834. The Morgan fingerprint density at radius 2 is 2.05 bits per heavy atom. The minimum atomic E-state index is 0.611. The first-order valence-corrected chi connectivity index (χ1v) is 8.09. The number of halogens is 1. The first-order chi connectivity index (χ1) is 10.6. The Balaban J connectivity index is 1.84. The molecule has 2 aromatic heterocycles. The van der Waals surface area contributed by atoms with Gasteiger partial charge in [0, 0.05) is 17.5 Å². The molecule has 0 fully saturated rings. The SMILES string of the molecule is COc1ccc(CSc2nnc3cc(C)nc(C)n23)cc1Cl. The molecule has 3 aromatic rings. The van der Waals surface area contributed by atoms with Gasteiger partial charge in [-0.15, -0.1) is 10.2 Å². The lowest BCUT2D eigenvalue weighted by molar-refractivity contribution is 0.415. The molecule has 0 amide bonds. The Labute approximate surface area is 137 Å². The average Bonchev–Trinajstić information content (AvgIpc) is 2.88. The van der Waals surface area contributed by atoms with Gasteiger partial charge < -0.3 is 4.74 Å². The largest absolute Gasteiger partial charge is 0.495 e. The molecule has 2 heterocycles. The van der Waals surface area contributed by atoms with Crippen LogP contribution in [-0.2, 0) is 5.75 Å². The summed E-state index contributed by atoms with van der Waals surface area (Å²) in [4.78, 5) is 4.46. The number of aryl methyl sites for hydroxylation is 2. The number of rotatable bonds is 4. The highest BCUT2D eigenvalue weighted by Gasteiger charge is 2.10. The molecule has 0 bridgehead atoms. The molecule has 0 saturated heterocycles. The predicted octanol–water partition coefficient (Wildman–Crippen LogP) is 3.70. The summed E-state index contributed by atoms with van der Waals surface area (Å²) in [5.41, 5.74) is 2.86. The van der Waals surface area contributed by atoms with Crippen molar-refractivity contribution in [3.63, 3.8) is 0 Å². The van der Waals surface area contributed by atoms with E-state index in [0.717, 1.165) is 33.6 Å². The van der Waals surface area contributed by atoms with Crippen LogP contribution in [-0.4, -0.2) is 26.7 Å². The molecule has 0 aliphatic carbocycles. The zero-order valence-corrected chi connectivity index (χ0v) is 14.1. The van der Waals surface area contributed by atoms with E-state index in [0.29, 0.717) is 10.8 Å². The lowest BCUT2D eigenvalue weighted by Gasteiger charge is -2.06. The smallest absolute Gasteiger partial charge is 0.197 e. The molecule has 0 atom stereocenters. The monoisotopic (exact) mass is 334 g/mol. The Morgan fingerprint density at radius 3 is 2.77 bits per heavy atom. The molecule has 114 valence electrons. The van der Waals surface area contributed by atoms with Gasteiger partial charge in [0.25, 0.3) is 0 Å². The lowest BCUT2D eigenvalue weighted by atomic mass is 10.2. The fourth-order valence-corrected chi connectivity index (χ4v) is 3.45. The molecule has 0 unspecified atom stereocenters. The van der Waals surface area contributed by atoms with Gasteiger partial charge in [-0.25, -0.2) is 4.98 Å². The van der Waals surface area contributed by atoms with Crippen molar-refractivity contribution in [2.45, 2.75) is 24.8 Å². The molecule has 5 nitrogen and oxygen atoms in total. The van der Waals surface area contributed by atoms with Crippen molar-refractivity contribution in [3.8, 4) is 5.75 Å². The highest BCUT2D eigenvalue weighted by Crippen LogP contribution is 2.28. The number of hydrogen-bond acceptors (Lipinski definition) is 5. The Kier molecular flexibility index (Phi) is 4.22. The molecular weight excluding hydrogens is 320 g/mol. The highest BCUT2D eigenvalue weighted by atomic mass is 35.5. The Hall–Kier alpha value is -1.79. The van der Waals surface area contributed by atoms with Crippen molar-refractivity contribution in [2.24, 2.45) is 0 Å². The zero-order valence-electron chi connectivity index (χ0n) is 12.5. The fraction of sp³-hybridized carbons (Fsp3) is 0.267. The van der Waals surface area contributed by atoms with Crippen LogP contribution < -0.4 is 4.74 Å². The van der Waals surface area contributed by atoms with Crippen LogP contribution in [0, 0.1) is 13.8 Å². The molecule has 0 radical (unpaired) electrons. The zero-order chi connectivity index (χ0) is 15.7. The van der Waals surface area contributed by atoms with E-state index in [4.69, 9.17) is 16.3 Å². The standard InChI is InChI=1S/C15H15ClN4OS/c1-9-6-14-18-19-15(20(14)10(2)17-9)22-8-11-4-5-13(21-3)12(16)7-11/h4-7H,8H2,1-3H3. The summed E-state index contributed by atoms with van der Waals surface area (Å²) in [7, 11) is 1.61. The average molecular weight is 335 g/mol. The van der Waals surface area contributed by atoms with Crippen molar-refractivity contribution in [1.82, 2.24) is 19.6 Å². The van der Waals surface area contributed by atoms with Crippen LogP contribution in [0.1, 0.15) is 17.1 Å². The van der Waals surface area contributed by atoms with Crippen molar-refractivity contribution < 1.29 is 4.74 Å². The predicted molar refractivity (Wildman–Crippen MR) is 87.8 cm³/mol. The van der Waals surface area contributed by atoms with Crippen LogP contribution >= 0.6 is 23.4 Å². The maximum absolute atomic E-state index is 6.15. The van der Waals surface area contributed by atoms with E-state index >= 15 is 0 Å². The summed E-state index contributed by atoms with van der Waals surface area (Å²) >= 11 is 7.75. The minimum Gasteiger partial charge on any atom is -0.495 e. The van der Waals surface area contributed by atoms with E-state index in [2.05, 4.69) is 15.2 Å². The second kappa shape index (κ2) is 6.14. The van der Waals surface area contributed by atoms with E-state index in [-0.39, 0.29) is 0 Å². The summed E-state index contributed by atoms with van der Waals surface area (Å²) in [6.07, 6.45) is 0. The number of hydrogen-bond donors (Lipinski definition) is 0. The number of thioether (sulfide) groups is 1. The van der Waals surface area contributed by atoms with Crippen LogP contribution in [0.4, 0.5) is 0 Å². The Morgan fingerprint density at radius 1 is 1.23 bits per heavy atom. The second-order valence-corrected chi connectivity index (χ2v) is 6.23. The van der Waals surface area contributed by atoms with E-state index in [1.165, 1.54) is 0 Å². The van der Waals surface area contributed by atoms with Gasteiger partial charge in [0.1, 0.15) is 11.6 Å². The van der Waals surface area contributed by atoms with Gasteiger partial charge in [-0.2, -0.15) is 0 Å².